The van der Waals surface area contributed by atoms with Gasteiger partial charge in [0, 0.05) is 5.56 Å². The molecule has 0 aromatic heterocycles. The Labute approximate surface area is 75.1 Å². The summed E-state index contributed by atoms with van der Waals surface area (Å²) in [5, 5.41) is 0.519. The fourth-order valence-electron chi connectivity index (χ4n) is 0.697. The Morgan fingerprint density at radius 1 is 1.45 bits per heavy atom. The van der Waals surface area contributed by atoms with Gasteiger partial charge in [-0.1, -0.05) is 29.9 Å². The first-order valence-corrected chi connectivity index (χ1v) is 3.74. The van der Waals surface area contributed by atoms with E-state index in [0.29, 0.717) is 15.7 Å². The lowest BCUT2D eigenvalue weighted by Gasteiger charge is -2.00. The molecule has 0 atom stereocenters. The Bertz CT molecular complexity index is 298. The summed E-state index contributed by atoms with van der Waals surface area (Å²) in [6.07, 6.45) is 0. The van der Waals surface area contributed by atoms with E-state index in [1.807, 2.05) is 0 Å². The van der Waals surface area contributed by atoms with Gasteiger partial charge in [0.15, 0.2) is 0 Å². The molecule has 11 heavy (non-hydrogen) atoms. The maximum Gasteiger partial charge on any atom is 0.104 e. The third-order valence-electron chi connectivity index (χ3n) is 1.28. The third-order valence-corrected chi connectivity index (χ3v) is 1.86. The van der Waals surface area contributed by atoms with Gasteiger partial charge >= 0.3 is 0 Å². The normalized spacial score (nSPS) is 9.55. The second kappa shape index (κ2) is 3.07. The Kier molecular flexibility index (Phi) is 2.31. The van der Waals surface area contributed by atoms with Crippen molar-refractivity contribution in [3.63, 3.8) is 0 Å². The van der Waals surface area contributed by atoms with Crippen LogP contribution in [0.15, 0.2) is 18.2 Å². The average Bonchev–Trinajstić information content (AvgIpc) is 1.94. The van der Waals surface area contributed by atoms with Crippen LogP contribution in [0.5, 0.6) is 0 Å². The van der Waals surface area contributed by atoms with E-state index in [-0.39, 0.29) is 0 Å². The minimum atomic E-state index is 0.327. The number of hydrogen-bond acceptors (Lipinski definition) is 2. The molecular formula is C7H7ClN2S. The van der Waals surface area contributed by atoms with Gasteiger partial charge < -0.3 is 11.5 Å². The minimum absolute atomic E-state index is 0.327. The van der Waals surface area contributed by atoms with Gasteiger partial charge in [-0.25, -0.2) is 0 Å². The van der Waals surface area contributed by atoms with Crippen molar-refractivity contribution in [2.75, 3.05) is 5.73 Å². The van der Waals surface area contributed by atoms with E-state index in [1.54, 1.807) is 18.2 Å². The summed E-state index contributed by atoms with van der Waals surface area (Å²) in [7, 11) is 0. The van der Waals surface area contributed by atoms with Crippen LogP contribution in [0.4, 0.5) is 5.69 Å². The molecule has 0 aliphatic carbocycles. The van der Waals surface area contributed by atoms with Crippen LogP contribution in [0.25, 0.3) is 0 Å². The van der Waals surface area contributed by atoms with Gasteiger partial charge in [-0.2, -0.15) is 0 Å². The van der Waals surface area contributed by atoms with Gasteiger partial charge in [-0.05, 0) is 12.1 Å². The SMILES string of the molecule is NC(=S)c1ccc(Cl)c(N)c1. The van der Waals surface area contributed by atoms with E-state index in [9.17, 15) is 0 Å². The minimum Gasteiger partial charge on any atom is -0.398 e. The van der Waals surface area contributed by atoms with E-state index in [4.69, 9.17) is 35.3 Å². The van der Waals surface area contributed by atoms with E-state index >= 15 is 0 Å². The first-order valence-electron chi connectivity index (χ1n) is 2.96. The summed E-state index contributed by atoms with van der Waals surface area (Å²) in [5.74, 6) is 0. The highest BCUT2D eigenvalue weighted by atomic mass is 35.5. The summed E-state index contributed by atoms with van der Waals surface area (Å²) >= 11 is 10.4. The molecule has 58 valence electrons. The van der Waals surface area contributed by atoms with Crippen LogP contribution in [0.2, 0.25) is 5.02 Å². The molecule has 1 rings (SSSR count). The fourth-order valence-corrected chi connectivity index (χ4v) is 0.942. The smallest absolute Gasteiger partial charge is 0.104 e. The highest BCUT2D eigenvalue weighted by molar-refractivity contribution is 7.80. The van der Waals surface area contributed by atoms with E-state index in [1.165, 1.54) is 0 Å². The first kappa shape index (κ1) is 8.30. The molecule has 1 aromatic rings. The molecule has 4 N–H and O–H groups in total. The molecule has 0 heterocycles. The summed E-state index contributed by atoms with van der Waals surface area (Å²) in [6, 6.07) is 5.07. The van der Waals surface area contributed by atoms with Crippen molar-refractivity contribution in [3.8, 4) is 0 Å². The number of anilines is 1. The molecule has 0 saturated heterocycles. The van der Waals surface area contributed by atoms with Crippen molar-refractivity contribution < 1.29 is 0 Å². The zero-order chi connectivity index (χ0) is 8.43. The summed E-state index contributed by atoms with van der Waals surface area (Å²) in [5.41, 5.74) is 12.1. The molecule has 0 radical (unpaired) electrons. The Morgan fingerprint density at radius 2 is 2.09 bits per heavy atom. The molecule has 0 fully saturated rings. The lowest BCUT2D eigenvalue weighted by atomic mass is 10.2. The maximum absolute atomic E-state index is 5.68. The zero-order valence-corrected chi connectivity index (χ0v) is 7.25. The van der Waals surface area contributed by atoms with Crippen molar-refractivity contribution >= 4 is 34.5 Å². The average molecular weight is 187 g/mol. The predicted molar refractivity (Wildman–Crippen MR) is 51.8 cm³/mol. The first-order chi connectivity index (χ1) is 5.11. The van der Waals surface area contributed by atoms with Gasteiger partial charge in [-0.15, -0.1) is 0 Å². The van der Waals surface area contributed by atoms with Gasteiger partial charge in [0.2, 0.25) is 0 Å². The van der Waals surface area contributed by atoms with Crippen LogP contribution in [0.3, 0.4) is 0 Å². The topological polar surface area (TPSA) is 52.0 Å². The number of hydrogen-bond donors (Lipinski definition) is 2. The second-order valence-electron chi connectivity index (χ2n) is 2.10. The lowest BCUT2D eigenvalue weighted by molar-refractivity contribution is 1.61. The van der Waals surface area contributed by atoms with Gasteiger partial charge in [0.25, 0.3) is 0 Å². The summed E-state index contributed by atoms with van der Waals surface area (Å²) < 4.78 is 0. The van der Waals surface area contributed by atoms with Crippen molar-refractivity contribution in [1.29, 1.82) is 0 Å². The van der Waals surface area contributed by atoms with Crippen molar-refractivity contribution in [2.45, 2.75) is 0 Å². The van der Waals surface area contributed by atoms with E-state index in [2.05, 4.69) is 0 Å². The van der Waals surface area contributed by atoms with E-state index in [0.717, 1.165) is 5.56 Å². The van der Waals surface area contributed by atoms with Crippen molar-refractivity contribution in [3.05, 3.63) is 28.8 Å². The van der Waals surface area contributed by atoms with Crippen LogP contribution in [0, 0.1) is 0 Å². The van der Waals surface area contributed by atoms with Crippen LogP contribution >= 0.6 is 23.8 Å². The van der Waals surface area contributed by atoms with Crippen LogP contribution in [0.1, 0.15) is 5.56 Å². The number of benzene rings is 1. The number of rotatable bonds is 1. The quantitative estimate of drug-likeness (QED) is 0.517. The summed E-state index contributed by atoms with van der Waals surface area (Å²) in [6.45, 7) is 0. The van der Waals surface area contributed by atoms with E-state index < -0.39 is 0 Å². The Balaban J connectivity index is 3.15. The molecule has 0 spiro atoms. The molecule has 0 amide bonds. The monoisotopic (exact) mass is 186 g/mol. The third kappa shape index (κ3) is 1.82. The van der Waals surface area contributed by atoms with Gasteiger partial charge in [0.1, 0.15) is 4.99 Å². The molecular weight excluding hydrogens is 180 g/mol. The molecule has 2 nitrogen and oxygen atoms in total. The number of nitrogens with two attached hydrogens (primary N) is 2. The molecule has 4 heteroatoms. The molecule has 1 aromatic carbocycles. The summed E-state index contributed by atoms with van der Waals surface area (Å²) in [4.78, 5) is 0.327. The predicted octanol–water partition coefficient (Wildman–Crippen LogP) is 1.56. The Morgan fingerprint density at radius 3 is 2.55 bits per heavy atom. The number of thiocarbonyl (C=S) groups is 1. The maximum atomic E-state index is 5.68. The van der Waals surface area contributed by atoms with Crippen LogP contribution < -0.4 is 11.5 Å². The zero-order valence-electron chi connectivity index (χ0n) is 5.67. The fraction of sp³-hybridized carbons (Fsp3) is 0. The van der Waals surface area contributed by atoms with Crippen LogP contribution in [-0.2, 0) is 0 Å². The molecule has 0 aliphatic rings. The number of nitrogen functional groups attached to an aromatic ring is 1. The second-order valence-corrected chi connectivity index (χ2v) is 2.95. The molecule has 0 aliphatic heterocycles. The largest absolute Gasteiger partial charge is 0.398 e. The van der Waals surface area contributed by atoms with Crippen molar-refractivity contribution in [1.82, 2.24) is 0 Å². The highest BCUT2D eigenvalue weighted by Crippen LogP contribution is 2.19. The lowest BCUT2D eigenvalue weighted by Crippen LogP contribution is -2.09. The van der Waals surface area contributed by atoms with Gasteiger partial charge in [-0.3, -0.25) is 0 Å². The molecule has 0 saturated carbocycles. The van der Waals surface area contributed by atoms with Crippen molar-refractivity contribution in [2.24, 2.45) is 5.73 Å². The van der Waals surface area contributed by atoms with Crippen LogP contribution in [-0.4, -0.2) is 4.99 Å². The van der Waals surface area contributed by atoms with Gasteiger partial charge in [0.05, 0.1) is 10.7 Å². The Hall–Kier alpha value is -0.800. The molecule has 0 bridgehead atoms. The molecule has 0 unspecified atom stereocenters. The standard InChI is InChI=1S/C7H7ClN2S/c8-5-2-1-4(7(10)11)3-6(5)9/h1-3H,9H2,(H2,10,11). The highest BCUT2D eigenvalue weighted by Gasteiger charge is 1.99. The number of halogens is 1.